The van der Waals surface area contributed by atoms with E-state index in [1.165, 1.54) is 11.1 Å². The molecule has 0 bridgehead atoms. The number of rotatable bonds is 4. The molecule has 1 aliphatic carbocycles. The van der Waals surface area contributed by atoms with E-state index in [0.29, 0.717) is 22.3 Å². The number of benzene rings is 2. The van der Waals surface area contributed by atoms with Gasteiger partial charge in [-0.3, -0.25) is 4.90 Å². The fraction of sp³-hybridized carbons (Fsp3) is 0.381. The van der Waals surface area contributed by atoms with Gasteiger partial charge in [0.1, 0.15) is 11.9 Å². The Labute approximate surface area is 159 Å². The Morgan fingerprint density at radius 3 is 2.85 bits per heavy atom. The van der Waals surface area contributed by atoms with E-state index in [0.717, 1.165) is 32.5 Å². The fourth-order valence-corrected chi connectivity index (χ4v) is 4.38. The van der Waals surface area contributed by atoms with Gasteiger partial charge < -0.3 is 10.5 Å². The molecule has 4 nitrogen and oxygen atoms in total. The molecule has 3 unspecified atom stereocenters. The maximum Gasteiger partial charge on any atom is 0.140 e. The summed E-state index contributed by atoms with van der Waals surface area (Å²) in [6, 6.07) is 16.1. The maximum atomic E-state index is 9.03. The predicted molar refractivity (Wildman–Crippen MR) is 102 cm³/mol. The number of likely N-dealkylation sites (tertiary alicyclic amines) is 1. The third kappa shape index (κ3) is 3.19. The Kier molecular flexibility index (Phi) is 4.86. The van der Waals surface area contributed by atoms with Crippen LogP contribution in [-0.2, 0) is 6.42 Å². The largest absolute Gasteiger partial charge is 0.482 e. The molecule has 0 saturated carbocycles. The lowest BCUT2D eigenvalue weighted by molar-refractivity contribution is 0.0918. The van der Waals surface area contributed by atoms with Gasteiger partial charge in [0.2, 0.25) is 0 Å². The molecule has 2 N–H and O–H groups in total. The van der Waals surface area contributed by atoms with Crippen LogP contribution in [0.25, 0.3) is 0 Å². The van der Waals surface area contributed by atoms with Gasteiger partial charge in [0.05, 0.1) is 22.7 Å². The molecule has 2 aromatic carbocycles. The third-order valence-electron chi connectivity index (χ3n) is 5.57. The van der Waals surface area contributed by atoms with Crippen LogP contribution in [0.1, 0.15) is 29.2 Å². The van der Waals surface area contributed by atoms with Gasteiger partial charge in [-0.25, -0.2) is 0 Å². The van der Waals surface area contributed by atoms with Gasteiger partial charge in [-0.1, -0.05) is 35.9 Å². The van der Waals surface area contributed by atoms with Crippen molar-refractivity contribution in [3.63, 3.8) is 0 Å². The minimum Gasteiger partial charge on any atom is -0.482 e. The van der Waals surface area contributed by atoms with Gasteiger partial charge in [0, 0.05) is 6.54 Å². The maximum absolute atomic E-state index is 9.03. The van der Waals surface area contributed by atoms with Crippen molar-refractivity contribution in [1.82, 2.24) is 4.90 Å². The van der Waals surface area contributed by atoms with E-state index in [9.17, 15) is 0 Å². The van der Waals surface area contributed by atoms with Crippen LogP contribution in [0.5, 0.6) is 5.75 Å². The summed E-state index contributed by atoms with van der Waals surface area (Å²) in [6.45, 7) is 2.82. The first-order chi connectivity index (χ1) is 12.7. The topological polar surface area (TPSA) is 62.3 Å². The minimum atomic E-state index is -0.0619. The number of hydrogen-bond donors (Lipinski definition) is 1. The van der Waals surface area contributed by atoms with Crippen molar-refractivity contribution < 1.29 is 4.74 Å². The number of hydrogen-bond acceptors (Lipinski definition) is 4. The van der Waals surface area contributed by atoms with E-state index in [4.69, 9.17) is 27.3 Å². The van der Waals surface area contributed by atoms with Gasteiger partial charge >= 0.3 is 0 Å². The van der Waals surface area contributed by atoms with Crippen LogP contribution in [-0.4, -0.2) is 30.6 Å². The lowest BCUT2D eigenvalue weighted by Gasteiger charge is -2.30. The SMILES string of the molecule is N#Cc1ccc(OC2c3ccccc3CC2N2CCC(CN)C2)c(Cl)c1. The molecule has 0 aromatic heterocycles. The molecule has 1 heterocycles. The minimum absolute atomic E-state index is 0.0619. The standard InChI is InChI=1S/C21H22ClN3O/c22-18-9-14(11-23)5-6-20(18)26-21-17-4-2-1-3-16(17)10-19(21)25-8-7-15(12-24)13-25/h1-6,9,15,19,21H,7-8,10,12-13,24H2. The van der Waals surface area contributed by atoms with Crippen LogP contribution in [0.4, 0.5) is 0 Å². The summed E-state index contributed by atoms with van der Waals surface area (Å²) in [5.74, 6) is 1.20. The van der Waals surface area contributed by atoms with Crippen LogP contribution in [0, 0.1) is 17.2 Å². The second-order valence-electron chi connectivity index (χ2n) is 7.15. The average Bonchev–Trinajstić information content (AvgIpc) is 3.28. The number of nitrogens with zero attached hydrogens (tertiary/aromatic N) is 2. The van der Waals surface area contributed by atoms with Crippen LogP contribution in [0.2, 0.25) is 5.02 Å². The lowest BCUT2D eigenvalue weighted by atomic mass is 10.1. The van der Waals surface area contributed by atoms with Crippen molar-refractivity contribution >= 4 is 11.6 Å². The molecule has 1 saturated heterocycles. The zero-order chi connectivity index (χ0) is 18.1. The van der Waals surface area contributed by atoms with Crippen molar-refractivity contribution in [2.45, 2.75) is 25.0 Å². The quantitative estimate of drug-likeness (QED) is 0.897. The van der Waals surface area contributed by atoms with E-state index in [-0.39, 0.29) is 12.1 Å². The van der Waals surface area contributed by atoms with Gasteiger partial charge in [0.15, 0.2) is 0 Å². The summed E-state index contributed by atoms with van der Waals surface area (Å²) in [4.78, 5) is 2.51. The number of fused-ring (bicyclic) bond motifs is 1. The molecule has 134 valence electrons. The second kappa shape index (κ2) is 7.28. The van der Waals surface area contributed by atoms with E-state index >= 15 is 0 Å². The molecule has 26 heavy (non-hydrogen) atoms. The smallest absolute Gasteiger partial charge is 0.140 e. The summed E-state index contributed by atoms with van der Waals surface area (Å²) in [7, 11) is 0. The summed E-state index contributed by atoms with van der Waals surface area (Å²) < 4.78 is 6.41. The normalized spacial score (nSPS) is 25.0. The molecule has 1 aliphatic heterocycles. The Hall–Kier alpha value is -2.06. The van der Waals surface area contributed by atoms with Gasteiger partial charge in [0.25, 0.3) is 0 Å². The van der Waals surface area contributed by atoms with Crippen LogP contribution < -0.4 is 10.5 Å². The van der Waals surface area contributed by atoms with E-state index in [2.05, 4.69) is 35.2 Å². The Morgan fingerprint density at radius 1 is 1.27 bits per heavy atom. The van der Waals surface area contributed by atoms with Crippen molar-refractivity contribution in [3.8, 4) is 11.8 Å². The van der Waals surface area contributed by atoms with E-state index in [1.54, 1.807) is 18.2 Å². The zero-order valence-corrected chi connectivity index (χ0v) is 15.3. The molecule has 0 radical (unpaired) electrons. The summed E-state index contributed by atoms with van der Waals surface area (Å²) >= 11 is 6.36. The molecular weight excluding hydrogens is 346 g/mol. The number of nitrogens with two attached hydrogens (primary N) is 1. The number of halogens is 1. The molecule has 3 atom stereocenters. The predicted octanol–water partition coefficient (Wildman–Crippen LogP) is 3.54. The first kappa shape index (κ1) is 17.4. The van der Waals surface area contributed by atoms with Crippen LogP contribution in [0.15, 0.2) is 42.5 Å². The molecule has 0 amide bonds. The van der Waals surface area contributed by atoms with E-state index < -0.39 is 0 Å². The highest BCUT2D eigenvalue weighted by molar-refractivity contribution is 6.32. The lowest BCUT2D eigenvalue weighted by Crippen LogP contribution is -2.39. The number of ether oxygens (including phenoxy) is 1. The molecule has 1 fully saturated rings. The van der Waals surface area contributed by atoms with Gasteiger partial charge in [-0.15, -0.1) is 0 Å². The average molecular weight is 368 g/mol. The molecule has 0 spiro atoms. The molecular formula is C21H22ClN3O. The summed E-state index contributed by atoms with van der Waals surface area (Å²) in [6.07, 6.45) is 2.06. The first-order valence-corrected chi connectivity index (χ1v) is 9.45. The highest BCUT2D eigenvalue weighted by Crippen LogP contribution is 2.41. The molecule has 4 rings (SSSR count). The van der Waals surface area contributed by atoms with Crippen molar-refractivity contribution in [2.24, 2.45) is 11.7 Å². The monoisotopic (exact) mass is 367 g/mol. The fourth-order valence-electron chi connectivity index (χ4n) is 4.16. The number of nitriles is 1. The zero-order valence-electron chi connectivity index (χ0n) is 14.6. The third-order valence-corrected chi connectivity index (χ3v) is 5.87. The van der Waals surface area contributed by atoms with Crippen LogP contribution in [0.3, 0.4) is 0 Å². The van der Waals surface area contributed by atoms with Crippen molar-refractivity contribution in [2.75, 3.05) is 19.6 Å². The first-order valence-electron chi connectivity index (χ1n) is 9.08. The Bertz CT molecular complexity index is 847. The summed E-state index contributed by atoms with van der Waals surface area (Å²) in [5, 5.41) is 9.51. The molecule has 5 heteroatoms. The van der Waals surface area contributed by atoms with Gasteiger partial charge in [-0.05, 0) is 61.2 Å². The molecule has 2 aliphatic rings. The summed E-state index contributed by atoms with van der Waals surface area (Å²) in [5.41, 5.74) is 8.99. The second-order valence-corrected chi connectivity index (χ2v) is 7.56. The van der Waals surface area contributed by atoms with Crippen LogP contribution >= 0.6 is 11.6 Å². The van der Waals surface area contributed by atoms with Crippen molar-refractivity contribution in [3.05, 3.63) is 64.2 Å². The molecule has 2 aromatic rings. The highest BCUT2D eigenvalue weighted by Gasteiger charge is 2.40. The van der Waals surface area contributed by atoms with Crippen molar-refractivity contribution in [1.29, 1.82) is 5.26 Å². The van der Waals surface area contributed by atoms with Gasteiger partial charge in [-0.2, -0.15) is 5.26 Å². The van der Waals surface area contributed by atoms with E-state index in [1.807, 2.05) is 0 Å². The highest BCUT2D eigenvalue weighted by atomic mass is 35.5. The Morgan fingerprint density at radius 2 is 2.12 bits per heavy atom. The Balaban J connectivity index is 1.63.